The molecular formula is C13H15N5OS. The van der Waals surface area contributed by atoms with Crippen LogP contribution in [0.15, 0.2) is 6.20 Å². The van der Waals surface area contributed by atoms with E-state index in [4.69, 9.17) is 0 Å². The Morgan fingerprint density at radius 2 is 2.30 bits per heavy atom. The molecule has 0 aromatic carbocycles. The Balaban J connectivity index is 1.42. The molecule has 1 amide bonds. The van der Waals surface area contributed by atoms with Crippen molar-refractivity contribution in [2.45, 2.75) is 38.0 Å². The first-order chi connectivity index (χ1) is 9.79. The average Bonchev–Trinajstić information content (AvgIpc) is 3.02. The number of hydrogen-bond acceptors (Lipinski definition) is 5. The van der Waals surface area contributed by atoms with E-state index in [1.807, 2.05) is 6.20 Å². The molecule has 6 nitrogen and oxygen atoms in total. The highest BCUT2D eigenvalue weighted by Gasteiger charge is 2.29. The first-order valence-electron chi connectivity index (χ1n) is 6.95. The number of hydrogen-bond donors (Lipinski definition) is 2. The van der Waals surface area contributed by atoms with E-state index in [-0.39, 0.29) is 11.8 Å². The molecule has 4 rings (SSSR count). The van der Waals surface area contributed by atoms with Gasteiger partial charge in [-0.2, -0.15) is 9.47 Å². The molecule has 20 heavy (non-hydrogen) atoms. The number of amides is 1. The van der Waals surface area contributed by atoms with Crippen LogP contribution in [0.2, 0.25) is 0 Å². The van der Waals surface area contributed by atoms with Crippen LogP contribution in [0.3, 0.4) is 0 Å². The summed E-state index contributed by atoms with van der Waals surface area (Å²) in [6, 6.07) is 0. The number of carbonyl (C=O) groups excluding carboxylic acids is 1. The number of carbonyl (C=O) groups is 1. The van der Waals surface area contributed by atoms with Gasteiger partial charge in [0.2, 0.25) is 11.0 Å². The fourth-order valence-corrected chi connectivity index (χ4v) is 3.29. The fraction of sp³-hybridized carbons (Fsp3) is 0.538. The summed E-state index contributed by atoms with van der Waals surface area (Å²) in [5.74, 6) is 1.48. The van der Waals surface area contributed by atoms with Gasteiger partial charge in [-0.05, 0) is 37.7 Å². The second-order valence-electron chi connectivity index (χ2n) is 5.53. The minimum atomic E-state index is 0.00775. The Kier molecular flexibility index (Phi) is 2.80. The first-order valence-corrected chi connectivity index (χ1v) is 7.72. The topological polar surface area (TPSA) is 83.6 Å². The highest BCUT2D eigenvalue weighted by molar-refractivity contribution is 7.09. The Morgan fingerprint density at radius 1 is 1.40 bits per heavy atom. The lowest BCUT2D eigenvalue weighted by atomic mass is 9.87. The minimum absolute atomic E-state index is 0.00775. The first kappa shape index (κ1) is 12.0. The quantitative estimate of drug-likeness (QED) is 0.903. The summed E-state index contributed by atoms with van der Waals surface area (Å²) in [5, 5.41) is 10.6. The highest BCUT2D eigenvalue weighted by Crippen LogP contribution is 2.39. The van der Waals surface area contributed by atoms with Gasteiger partial charge in [-0.1, -0.05) is 0 Å². The zero-order valence-electron chi connectivity index (χ0n) is 10.9. The number of nitrogens with one attached hydrogen (secondary N) is 2. The number of rotatable bonds is 3. The number of nitrogens with zero attached hydrogens (tertiary/aromatic N) is 3. The maximum atomic E-state index is 12.3. The van der Waals surface area contributed by atoms with Crippen molar-refractivity contribution in [3.05, 3.63) is 23.3 Å². The standard InChI is InChI=1S/C13H15N5OS/c19-12(8-3-4-10-9(5-8)6-14-17-10)16-13-15-11(18-20-13)7-1-2-7/h6-8H,1-5H2,(H,14,17)(H,15,16,18,19). The van der Waals surface area contributed by atoms with Crippen LogP contribution in [-0.2, 0) is 17.6 Å². The van der Waals surface area contributed by atoms with E-state index in [1.165, 1.54) is 30.1 Å². The van der Waals surface area contributed by atoms with Crippen molar-refractivity contribution < 1.29 is 4.79 Å². The van der Waals surface area contributed by atoms with E-state index in [9.17, 15) is 4.79 Å². The van der Waals surface area contributed by atoms with E-state index < -0.39 is 0 Å². The summed E-state index contributed by atoms with van der Waals surface area (Å²) >= 11 is 1.29. The molecule has 0 bridgehead atoms. The average molecular weight is 289 g/mol. The Morgan fingerprint density at radius 3 is 3.15 bits per heavy atom. The highest BCUT2D eigenvalue weighted by atomic mass is 32.1. The summed E-state index contributed by atoms with van der Waals surface area (Å²) < 4.78 is 4.30. The predicted molar refractivity (Wildman–Crippen MR) is 74.6 cm³/mol. The minimum Gasteiger partial charge on any atom is -0.300 e. The van der Waals surface area contributed by atoms with E-state index >= 15 is 0 Å². The van der Waals surface area contributed by atoms with Crippen LogP contribution in [0.5, 0.6) is 0 Å². The molecule has 2 N–H and O–H groups in total. The van der Waals surface area contributed by atoms with Gasteiger partial charge in [0.25, 0.3) is 0 Å². The number of fused-ring (bicyclic) bond motifs is 1. The number of H-pyrrole nitrogens is 1. The van der Waals surface area contributed by atoms with E-state index in [1.54, 1.807) is 0 Å². The molecule has 104 valence electrons. The van der Waals surface area contributed by atoms with E-state index in [2.05, 4.69) is 24.9 Å². The molecule has 2 heterocycles. The summed E-state index contributed by atoms with van der Waals surface area (Å²) in [6.07, 6.45) is 6.68. The third kappa shape index (κ3) is 2.22. The van der Waals surface area contributed by atoms with Gasteiger partial charge in [-0.25, -0.2) is 4.98 Å². The fourth-order valence-electron chi connectivity index (χ4n) is 2.64. The van der Waals surface area contributed by atoms with Gasteiger partial charge >= 0.3 is 0 Å². The van der Waals surface area contributed by atoms with Crippen molar-refractivity contribution in [2.75, 3.05) is 5.32 Å². The maximum Gasteiger partial charge on any atom is 0.229 e. The summed E-state index contributed by atoms with van der Waals surface area (Å²) in [6.45, 7) is 0. The Bertz CT molecular complexity index is 645. The van der Waals surface area contributed by atoms with E-state index in [0.29, 0.717) is 11.0 Å². The number of aromatic amines is 1. The summed E-state index contributed by atoms with van der Waals surface area (Å²) in [4.78, 5) is 16.7. The van der Waals surface area contributed by atoms with Crippen molar-refractivity contribution in [1.29, 1.82) is 0 Å². The van der Waals surface area contributed by atoms with Crippen LogP contribution in [0, 0.1) is 5.92 Å². The van der Waals surface area contributed by atoms with Crippen LogP contribution in [0.25, 0.3) is 0 Å². The predicted octanol–water partition coefficient (Wildman–Crippen LogP) is 1.88. The number of aromatic nitrogens is 4. The molecule has 7 heteroatoms. The molecule has 1 unspecified atom stereocenters. The van der Waals surface area contributed by atoms with Crippen LogP contribution in [-0.4, -0.2) is 25.5 Å². The molecule has 2 aliphatic rings. The summed E-state index contributed by atoms with van der Waals surface area (Å²) in [5.41, 5.74) is 2.33. The van der Waals surface area contributed by atoms with Crippen molar-refractivity contribution >= 4 is 22.6 Å². The molecule has 0 saturated heterocycles. The smallest absolute Gasteiger partial charge is 0.229 e. The Hall–Kier alpha value is -1.76. The van der Waals surface area contributed by atoms with Gasteiger partial charge in [-0.15, -0.1) is 0 Å². The molecular weight excluding hydrogens is 274 g/mol. The zero-order valence-corrected chi connectivity index (χ0v) is 11.7. The third-order valence-corrected chi connectivity index (χ3v) is 4.65. The second-order valence-corrected chi connectivity index (χ2v) is 6.29. The molecule has 1 atom stereocenters. The lowest BCUT2D eigenvalue weighted by Crippen LogP contribution is -2.27. The van der Waals surface area contributed by atoms with Crippen LogP contribution < -0.4 is 5.32 Å². The van der Waals surface area contributed by atoms with Crippen molar-refractivity contribution in [3.8, 4) is 0 Å². The zero-order chi connectivity index (χ0) is 13.5. The van der Waals surface area contributed by atoms with Gasteiger partial charge < -0.3 is 5.32 Å². The van der Waals surface area contributed by atoms with Gasteiger partial charge in [0.1, 0.15) is 5.82 Å². The molecule has 1 saturated carbocycles. The van der Waals surface area contributed by atoms with Gasteiger partial charge in [-0.3, -0.25) is 9.89 Å². The van der Waals surface area contributed by atoms with Crippen LogP contribution >= 0.6 is 11.5 Å². The molecule has 0 aliphatic heterocycles. The molecule has 2 aliphatic carbocycles. The van der Waals surface area contributed by atoms with Gasteiger partial charge in [0.05, 0.1) is 6.20 Å². The van der Waals surface area contributed by atoms with E-state index in [0.717, 1.165) is 30.7 Å². The van der Waals surface area contributed by atoms with Crippen molar-refractivity contribution in [2.24, 2.45) is 5.92 Å². The van der Waals surface area contributed by atoms with Crippen LogP contribution in [0.4, 0.5) is 5.13 Å². The van der Waals surface area contributed by atoms with Crippen molar-refractivity contribution in [3.63, 3.8) is 0 Å². The van der Waals surface area contributed by atoms with Gasteiger partial charge in [0.15, 0.2) is 0 Å². The summed E-state index contributed by atoms with van der Waals surface area (Å²) in [7, 11) is 0. The molecule has 0 radical (unpaired) electrons. The molecule has 2 aromatic heterocycles. The van der Waals surface area contributed by atoms with Crippen LogP contribution in [0.1, 0.15) is 42.3 Å². The van der Waals surface area contributed by atoms with Gasteiger partial charge in [0, 0.05) is 29.1 Å². The lowest BCUT2D eigenvalue weighted by Gasteiger charge is -2.20. The third-order valence-electron chi connectivity index (χ3n) is 4.00. The van der Waals surface area contributed by atoms with Crippen molar-refractivity contribution in [1.82, 2.24) is 19.6 Å². The monoisotopic (exact) mass is 289 g/mol. The largest absolute Gasteiger partial charge is 0.300 e. The molecule has 2 aromatic rings. The lowest BCUT2D eigenvalue weighted by molar-refractivity contribution is -0.120. The normalized spacial score (nSPS) is 21.5. The SMILES string of the molecule is O=C(Nc1nc(C2CC2)ns1)C1CCc2[nH]ncc2C1. The second kappa shape index (κ2) is 4.66. The Labute approximate surface area is 120 Å². The number of aryl methyl sites for hydroxylation is 1. The maximum absolute atomic E-state index is 12.3. The molecule has 0 spiro atoms. The number of anilines is 1. The molecule has 1 fully saturated rings.